The number of ether oxygens (including phenoxy) is 2. The first-order valence-electron chi connectivity index (χ1n) is 9.98. The van der Waals surface area contributed by atoms with Gasteiger partial charge >= 0.3 is 6.61 Å². The summed E-state index contributed by atoms with van der Waals surface area (Å²) in [6.45, 7) is -3.13. The summed E-state index contributed by atoms with van der Waals surface area (Å²) in [6, 6.07) is 15.4. The summed E-state index contributed by atoms with van der Waals surface area (Å²) in [7, 11) is 1.43. The van der Waals surface area contributed by atoms with Gasteiger partial charge in [-0.1, -0.05) is 36.4 Å². The molecule has 170 valence electrons. The van der Waals surface area contributed by atoms with Crippen LogP contribution in [0.25, 0.3) is 39.3 Å². The van der Waals surface area contributed by atoms with E-state index in [0.29, 0.717) is 11.1 Å². The van der Waals surface area contributed by atoms with E-state index in [1.54, 1.807) is 24.3 Å². The molecule has 0 saturated carbocycles. The molecule has 9 nitrogen and oxygen atoms in total. The van der Waals surface area contributed by atoms with Gasteiger partial charge in [-0.25, -0.2) is 9.97 Å². The van der Waals surface area contributed by atoms with Crippen LogP contribution in [0.1, 0.15) is 11.4 Å². The molecule has 3 heterocycles. The van der Waals surface area contributed by atoms with Gasteiger partial charge in [0.05, 0.1) is 17.9 Å². The number of nitriles is 1. The fraction of sp³-hybridized carbons (Fsp3) is 0.130. The van der Waals surface area contributed by atoms with Gasteiger partial charge in [-0.3, -0.25) is 9.89 Å². The topological polar surface area (TPSA) is 118 Å². The predicted molar refractivity (Wildman–Crippen MR) is 116 cm³/mol. The summed E-state index contributed by atoms with van der Waals surface area (Å²) < 4.78 is 42.2. The predicted octanol–water partition coefficient (Wildman–Crippen LogP) is 4.12. The van der Waals surface area contributed by atoms with E-state index in [2.05, 4.69) is 25.9 Å². The standard InChI is InChI=1S/C23H15F2N5O4/c1-32-11-14-18(21-28-19-15(33-21)8-5-9-16(19)34-23(24)25)22(31)30-20(27-14)17(13(10-26)29-30)12-6-3-2-4-7-12/h2-9,23,29H,11H2,1H3. The summed E-state index contributed by atoms with van der Waals surface area (Å²) in [5.74, 6) is -0.337. The van der Waals surface area contributed by atoms with Gasteiger partial charge in [-0.15, -0.1) is 0 Å². The van der Waals surface area contributed by atoms with Gasteiger partial charge in [0.15, 0.2) is 22.5 Å². The van der Waals surface area contributed by atoms with Crippen molar-refractivity contribution in [2.45, 2.75) is 13.2 Å². The van der Waals surface area contributed by atoms with E-state index in [4.69, 9.17) is 9.15 Å². The molecule has 0 fully saturated rings. The highest BCUT2D eigenvalue weighted by Crippen LogP contribution is 2.32. The Kier molecular flexibility index (Phi) is 5.27. The minimum absolute atomic E-state index is 0.0276. The van der Waals surface area contributed by atoms with Crippen molar-refractivity contribution in [1.29, 1.82) is 5.26 Å². The highest BCUT2D eigenvalue weighted by atomic mass is 19.3. The van der Waals surface area contributed by atoms with Crippen LogP contribution < -0.4 is 10.3 Å². The molecule has 0 aliphatic heterocycles. The van der Waals surface area contributed by atoms with Crippen LogP contribution in [0.4, 0.5) is 8.78 Å². The van der Waals surface area contributed by atoms with E-state index in [9.17, 15) is 18.8 Å². The minimum Gasteiger partial charge on any atom is -0.436 e. The highest BCUT2D eigenvalue weighted by Gasteiger charge is 2.25. The average Bonchev–Trinajstić information content (AvgIpc) is 3.42. The Bertz CT molecular complexity index is 1620. The van der Waals surface area contributed by atoms with E-state index >= 15 is 0 Å². The molecule has 1 N–H and O–H groups in total. The second-order valence-electron chi connectivity index (χ2n) is 7.17. The fourth-order valence-electron chi connectivity index (χ4n) is 3.75. The first-order valence-corrected chi connectivity index (χ1v) is 9.98. The molecule has 0 aliphatic rings. The first kappa shape index (κ1) is 21.3. The lowest BCUT2D eigenvalue weighted by Gasteiger charge is -2.06. The molecule has 0 atom stereocenters. The number of rotatable bonds is 6. The van der Waals surface area contributed by atoms with Crippen molar-refractivity contribution in [2.24, 2.45) is 0 Å². The quantitative estimate of drug-likeness (QED) is 0.402. The van der Waals surface area contributed by atoms with Crippen molar-refractivity contribution < 1.29 is 22.7 Å². The molecule has 34 heavy (non-hydrogen) atoms. The van der Waals surface area contributed by atoms with Gasteiger partial charge < -0.3 is 13.9 Å². The Morgan fingerprint density at radius 1 is 1.15 bits per heavy atom. The van der Waals surface area contributed by atoms with E-state index in [1.807, 2.05) is 6.07 Å². The number of para-hydroxylation sites is 1. The van der Waals surface area contributed by atoms with E-state index in [1.165, 1.54) is 25.3 Å². The molecule has 0 radical (unpaired) electrons. The van der Waals surface area contributed by atoms with Gasteiger partial charge in [0, 0.05) is 7.11 Å². The number of nitrogens with zero attached hydrogens (tertiary/aromatic N) is 4. The third kappa shape index (κ3) is 3.46. The van der Waals surface area contributed by atoms with Crippen LogP contribution in [0, 0.1) is 11.3 Å². The Morgan fingerprint density at radius 2 is 1.94 bits per heavy atom. The Balaban J connectivity index is 1.79. The van der Waals surface area contributed by atoms with Crippen LogP contribution in [0.5, 0.6) is 5.75 Å². The molecule has 0 unspecified atom stereocenters. The maximum absolute atomic E-state index is 13.6. The van der Waals surface area contributed by atoms with Gasteiger partial charge in [0.1, 0.15) is 17.3 Å². The average molecular weight is 463 g/mol. The third-order valence-electron chi connectivity index (χ3n) is 5.12. The lowest BCUT2D eigenvalue weighted by Crippen LogP contribution is -2.20. The second-order valence-corrected chi connectivity index (χ2v) is 7.17. The molecule has 2 aromatic carbocycles. The normalized spacial score (nSPS) is 11.4. The Morgan fingerprint density at radius 3 is 2.65 bits per heavy atom. The number of benzene rings is 2. The van der Waals surface area contributed by atoms with Crippen molar-refractivity contribution in [2.75, 3.05) is 7.11 Å². The van der Waals surface area contributed by atoms with Crippen molar-refractivity contribution >= 4 is 16.7 Å². The molecule has 0 spiro atoms. The SMILES string of the molecule is COCc1nc2c(-c3ccccc3)c(C#N)[nH]n2c(=O)c1-c1nc2c(OC(F)F)cccc2o1. The van der Waals surface area contributed by atoms with Crippen molar-refractivity contribution in [3.8, 4) is 34.4 Å². The van der Waals surface area contributed by atoms with E-state index in [-0.39, 0.29) is 51.9 Å². The molecular formula is C23H15F2N5O4. The van der Waals surface area contributed by atoms with Crippen LogP contribution >= 0.6 is 0 Å². The molecule has 3 aromatic heterocycles. The molecule has 5 rings (SSSR count). The molecule has 0 aliphatic carbocycles. The van der Waals surface area contributed by atoms with Crippen LogP contribution in [-0.2, 0) is 11.3 Å². The number of fused-ring (bicyclic) bond motifs is 2. The largest absolute Gasteiger partial charge is 0.436 e. The zero-order valence-electron chi connectivity index (χ0n) is 17.6. The molecule has 0 amide bonds. The number of aromatic amines is 1. The lowest BCUT2D eigenvalue weighted by atomic mass is 10.1. The molecule has 0 bridgehead atoms. The number of nitrogens with one attached hydrogen (secondary N) is 1. The van der Waals surface area contributed by atoms with E-state index in [0.717, 1.165) is 4.52 Å². The Labute approximate surface area is 189 Å². The molecule has 11 heteroatoms. The number of oxazole rings is 1. The van der Waals surface area contributed by atoms with Crippen molar-refractivity contribution in [3.05, 3.63) is 70.3 Å². The molecule has 5 aromatic rings. The monoisotopic (exact) mass is 463 g/mol. The number of alkyl halides is 2. The first-order chi connectivity index (χ1) is 16.5. The second kappa shape index (κ2) is 8.42. The zero-order chi connectivity index (χ0) is 23.8. The summed E-state index contributed by atoms with van der Waals surface area (Å²) in [4.78, 5) is 22.4. The lowest BCUT2D eigenvalue weighted by molar-refractivity contribution is -0.0489. The number of aromatic nitrogens is 4. The van der Waals surface area contributed by atoms with Gasteiger partial charge in [0.25, 0.3) is 5.56 Å². The smallest absolute Gasteiger partial charge is 0.387 e. The number of methoxy groups -OCH3 is 1. The minimum atomic E-state index is -3.06. The molecular weight excluding hydrogens is 448 g/mol. The van der Waals surface area contributed by atoms with Crippen molar-refractivity contribution in [1.82, 2.24) is 19.6 Å². The summed E-state index contributed by atoms with van der Waals surface area (Å²) >= 11 is 0. The summed E-state index contributed by atoms with van der Waals surface area (Å²) in [5, 5.41) is 12.5. The number of halogens is 2. The maximum atomic E-state index is 13.6. The fourth-order valence-corrected chi connectivity index (χ4v) is 3.75. The molecule has 0 saturated heterocycles. The van der Waals surface area contributed by atoms with Crippen LogP contribution in [-0.4, -0.2) is 33.3 Å². The zero-order valence-corrected chi connectivity index (χ0v) is 17.6. The van der Waals surface area contributed by atoms with Crippen LogP contribution in [0.15, 0.2) is 57.7 Å². The van der Waals surface area contributed by atoms with Crippen molar-refractivity contribution in [3.63, 3.8) is 0 Å². The van der Waals surface area contributed by atoms with Gasteiger partial charge in [0.2, 0.25) is 5.89 Å². The summed E-state index contributed by atoms with van der Waals surface area (Å²) in [5.41, 5.74) is 1.25. The van der Waals surface area contributed by atoms with Gasteiger partial charge in [-0.2, -0.15) is 18.6 Å². The number of hydrogen-bond acceptors (Lipinski definition) is 7. The third-order valence-corrected chi connectivity index (χ3v) is 5.12. The Hall–Kier alpha value is -4.56. The van der Waals surface area contributed by atoms with Crippen LogP contribution in [0.2, 0.25) is 0 Å². The number of H-pyrrole nitrogens is 1. The highest BCUT2D eigenvalue weighted by molar-refractivity contribution is 5.84. The van der Waals surface area contributed by atoms with Gasteiger partial charge in [-0.05, 0) is 17.7 Å². The summed E-state index contributed by atoms with van der Waals surface area (Å²) in [6.07, 6.45) is 0. The van der Waals surface area contributed by atoms with Crippen LogP contribution in [0.3, 0.4) is 0 Å². The number of hydrogen-bond donors (Lipinski definition) is 1. The maximum Gasteiger partial charge on any atom is 0.387 e. The van der Waals surface area contributed by atoms with E-state index < -0.39 is 12.2 Å².